The average Bonchev–Trinajstić information content (AvgIpc) is 2.71. The van der Waals surface area contributed by atoms with Gasteiger partial charge in [0.15, 0.2) is 11.5 Å². The predicted molar refractivity (Wildman–Crippen MR) is 108 cm³/mol. The van der Waals surface area contributed by atoms with Crippen LogP contribution in [-0.4, -0.2) is 38.1 Å². The topological polar surface area (TPSA) is 67.9 Å². The molecule has 0 aromatic heterocycles. The summed E-state index contributed by atoms with van der Waals surface area (Å²) in [6.45, 7) is 3.62. The minimum atomic E-state index is -0.341. The van der Waals surface area contributed by atoms with E-state index in [1.807, 2.05) is 49.4 Å². The lowest BCUT2D eigenvalue weighted by molar-refractivity contribution is -0.123. The molecule has 0 spiro atoms. The fourth-order valence-electron chi connectivity index (χ4n) is 2.87. The Balaban J connectivity index is 1.74. The van der Waals surface area contributed by atoms with E-state index in [2.05, 4.69) is 5.32 Å². The Morgan fingerprint density at radius 1 is 1.14 bits per heavy atom. The predicted octanol–water partition coefficient (Wildman–Crippen LogP) is 3.00. The van der Waals surface area contributed by atoms with Crippen molar-refractivity contribution >= 4 is 23.6 Å². The molecular formula is C22H24N2O4. The van der Waals surface area contributed by atoms with Crippen LogP contribution in [0, 0.1) is 0 Å². The maximum atomic E-state index is 13.0. The maximum absolute atomic E-state index is 13.0. The number of hydrogen-bond donors (Lipinski definition) is 1. The molecule has 28 heavy (non-hydrogen) atoms. The van der Waals surface area contributed by atoms with Crippen molar-refractivity contribution < 1.29 is 19.1 Å². The van der Waals surface area contributed by atoms with Crippen LogP contribution in [0.25, 0.3) is 6.08 Å². The number of carbonyl (C=O) groups excluding carboxylic acids is 2. The van der Waals surface area contributed by atoms with Gasteiger partial charge < -0.3 is 14.8 Å². The van der Waals surface area contributed by atoms with Crippen molar-refractivity contribution in [2.45, 2.75) is 13.3 Å². The van der Waals surface area contributed by atoms with E-state index >= 15 is 0 Å². The number of fused-ring (bicyclic) bond motifs is 1. The molecule has 1 aliphatic rings. The van der Waals surface area contributed by atoms with Gasteiger partial charge in [-0.15, -0.1) is 0 Å². The van der Waals surface area contributed by atoms with Gasteiger partial charge in [0.25, 0.3) is 5.91 Å². The molecule has 3 rings (SSSR count). The summed E-state index contributed by atoms with van der Waals surface area (Å²) in [4.78, 5) is 26.8. The van der Waals surface area contributed by atoms with Crippen molar-refractivity contribution in [3.05, 3.63) is 65.9 Å². The number of anilines is 1. The quantitative estimate of drug-likeness (QED) is 0.565. The zero-order valence-electron chi connectivity index (χ0n) is 15.9. The first-order chi connectivity index (χ1) is 13.7. The van der Waals surface area contributed by atoms with Crippen molar-refractivity contribution in [2.24, 2.45) is 0 Å². The number of nitrogens with one attached hydrogen (secondary N) is 1. The first-order valence-corrected chi connectivity index (χ1v) is 9.39. The highest BCUT2D eigenvalue weighted by atomic mass is 16.5. The van der Waals surface area contributed by atoms with E-state index in [1.54, 1.807) is 18.2 Å². The van der Waals surface area contributed by atoms with Gasteiger partial charge in [0.05, 0.1) is 5.69 Å². The van der Waals surface area contributed by atoms with Gasteiger partial charge in [0.2, 0.25) is 5.91 Å². The molecule has 0 aliphatic carbocycles. The Hall–Kier alpha value is -3.12. The summed E-state index contributed by atoms with van der Waals surface area (Å²) in [7, 11) is 0. The van der Waals surface area contributed by atoms with E-state index in [-0.39, 0.29) is 24.1 Å². The monoisotopic (exact) mass is 380 g/mol. The Labute approximate surface area is 164 Å². The van der Waals surface area contributed by atoms with E-state index in [0.29, 0.717) is 31.2 Å². The molecule has 2 aromatic carbocycles. The third kappa shape index (κ3) is 4.98. The minimum Gasteiger partial charge on any atom is -0.449 e. The van der Waals surface area contributed by atoms with E-state index in [4.69, 9.17) is 9.47 Å². The van der Waals surface area contributed by atoms with E-state index in [9.17, 15) is 9.59 Å². The van der Waals surface area contributed by atoms with E-state index in [1.165, 1.54) is 4.90 Å². The average molecular weight is 380 g/mol. The molecule has 2 aromatic rings. The fraction of sp³-hybridized carbons (Fsp3) is 0.273. The van der Waals surface area contributed by atoms with Gasteiger partial charge in [-0.2, -0.15) is 0 Å². The standard InChI is InChI=1S/C22H24N2O4/c1-2-27-14-8-13-23-21(25)16-24-18-11-6-7-12-19(18)28-20(22(24)26)15-17-9-4-3-5-10-17/h3-7,9-12,15H,2,8,13-14,16H2,1H3,(H,23,25). The van der Waals surface area contributed by atoms with E-state index in [0.717, 1.165) is 12.0 Å². The highest BCUT2D eigenvalue weighted by Gasteiger charge is 2.31. The molecule has 1 heterocycles. The van der Waals surface area contributed by atoms with Crippen LogP contribution in [0.1, 0.15) is 18.9 Å². The molecule has 0 saturated heterocycles. The zero-order chi connectivity index (χ0) is 19.8. The highest BCUT2D eigenvalue weighted by Crippen LogP contribution is 2.35. The largest absolute Gasteiger partial charge is 0.449 e. The van der Waals surface area contributed by atoms with Crippen LogP contribution in [0.3, 0.4) is 0 Å². The van der Waals surface area contributed by atoms with Crippen LogP contribution in [0.4, 0.5) is 5.69 Å². The minimum absolute atomic E-state index is 0.0695. The van der Waals surface area contributed by atoms with Gasteiger partial charge in [-0.25, -0.2) is 0 Å². The number of ether oxygens (including phenoxy) is 2. The van der Waals surface area contributed by atoms with Crippen LogP contribution in [0.5, 0.6) is 5.75 Å². The SMILES string of the molecule is CCOCCCNC(=O)CN1C(=O)C(=Cc2ccccc2)Oc2ccccc21. The Morgan fingerprint density at radius 2 is 1.89 bits per heavy atom. The molecule has 0 unspecified atom stereocenters. The number of benzene rings is 2. The van der Waals surface area contributed by atoms with Gasteiger partial charge in [0.1, 0.15) is 6.54 Å². The number of carbonyl (C=O) groups is 2. The molecule has 0 radical (unpaired) electrons. The number of para-hydroxylation sites is 2. The van der Waals surface area contributed by atoms with Crippen LogP contribution >= 0.6 is 0 Å². The summed E-state index contributed by atoms with van der Waals surface area (Å²) in [5.74, 6) is 0.176. The van der Waals surface area contributed by atoms with Gasteiger partial charge in [-0.05, 0) is 37.1 Å². The summed E-state index contributed by atoms with van der Waals surface area (Å²) in [5.41, 5.74) is 1.44. The van der Waals surface area contributed by atoms with Crippen molar-refractivity contribution in [1.82, 2.24) is 5.32 Å². The number of hydrogen-bond acceptors (Lipinski definition) is 4. The third-order valence-corrected chi connectivity index (χ3v) is 4.22. The maximum Gasteiger partial charge on any atom is 0.294 e. The Morgan fingerprint density at radius 3 is 2.68 bits per heavy atom. The molecule has 1 aliphatic heterocycles. The molecule has 0 fully saturated rings. The van der Waals surface area contributed by atoms with E-state index < -0.39 is 0 Å². The van der Waals surface area contributed by atoms with Crippen LogP contribution in [0.15, 0.2) is 60.4 Å². The molecule has 1 N–H and O–H groups in total. The second kappa shape index (κ2) is 9.71. The lowest BCUT2D eigenvalue weighted by Crippen LogP contribution is -2.44. The summed E-state index contributed by atoms with van der Waals surface area (Å²) < 4.78 is 11.1. The van der Waals surface area contributed by atoms with Crippen molar-refractivity contribution in [3.8, 4) is 5.75 Å². The summed E-state index contributed by atoms with van der Waals surface area (Å²) in [5, 5.41) is 2.83. The van der Waals surface area contributed by atoms with Crippen molar-refractivity contribution in [1.29, 1.82) is 0 Å². The molecule has 6 heteroatoms. The molecule has 0 bridgehead atoms. The number of amides is 2. The second-order valence-corrected chi connectivity index (χ2v) is 6.28. The summed E-state index contributed by atoms with van der Waals surface area (Å²) in [6, 6.07) is 16.7. The number of nitrogens with zero attached hydrogens (tertiary/aromatic N) is 1. The van der Waals surface area contributed by atoms with Crippen LogP contribution in [-0.2, 0) is 14.3 Å². The first kappa shape index (κ1) is 19.6. The molecule has 2 amide bonds. The highest BCUT2D eigenvalue weighted by molar-refractivity contribution is 6.12. The normalized spacial score (nSPS) is 14.5. The van der Waals surface area contributed by atoms with Gasteiger partial charge in [-0.1, -0.05) is 42.5 Å². The molecule has 0 atom stereocenters. The van der Waals surface area contributed by atoms with Crippen molar-refractivity contribution in [3.63, 3.8) is 0 Å². The lowest BCUT2D eigenvalue weighted by Gasteiger charge is -2.30. The van der Waals surface area contributed by atoms with Gasteiger partial charge >= 0.3 is 0 Å². The lowest BCUT2D eigenvalue weighted by atomic mass is 10.1. The number of rotatable bonds is 8. The van der Waals surface area contributed by atoms with Gasteiger partial charge in [-0.3, -0.25) is 14.5 Å². The molecular weight excluding hydrogens is 356 g/mol. The van der Waals surface area contributed by atoms with Crippen LogP contribution in [0.2, 0.25) is 0 Å². The summed E-state index contributed by atoms with van der Waals surface area (Å²) >= 11 is 0. The fourth-order valence-corrected chi connectivity index (χ4v) is 2.87. The smallest absolute Gasteiger partial charge is 0.294 e. The zero-order valence-corrected chi connectivity index (χ0v) is 15.9. The van der Waals surface area contributed by atoms with Gasteiger partial charge in [0, 0.05) is 19.8 Å². The molecule has 6 nitrogen and oxygen atoms in total. The second-order valence-electron chi connectivity index (χ2n) is 6.28. The Kier molecular flexibility index (Phi) is 6.81. The first-order valence-electron chi connectivity index (χ1n) is 9.39. The van der Waals surface area contributed by atoms with Crippen molar-refractivity contribution in [2.75, 3.05) is 31.2 Å². The van der Waals surface area contributed by atoms with Crippen LogP contribution < -0.4 is 15.0 Å². The summed E-state index contributed by atoms with van der Waals surface area (Å²) in [6.07, 6.45) is 2.41. The molecule has 146 valence electrons. The molecule has 0 saturated carbocycles. The Bertz CT molecular complexity index is 849. The third-order valence-electron chi connectivity index (χ3n) is 4.22.